The largest absolute Gasteiger partial charge is 0.365 e. The molecule has 0 amide bonds. The fourth-order valence-electron chi connectivity index (χ4n) is 4.13. The fourth-order valence-corrected chi connectivity index (χ4v) is 6.81. The van der Waals surface area contributed by atoms with Crippen LogP contribution in [-0.4, -0.2) is 40.6 Å². The summed E-state index contributed by atoms with van der Waals surface area (Å²) in [6, 6.07) is 16.8. The molecule has 2 aliphatic heterocycles. The third-order valence-electron chi connectivity index (χ3n) is 6.32. The van der Waals surface area contributed by atoms with Crippen molar-refractivity contribution in [3.05, 3.63) is 92.0 Å². The van der Waals surface area contributed by atoms with Gasteiger partial charge in [-0.15, -0.1) is 0 Å². The lowest BCUT2D eigenvalue weighted by Gasteiger charge is -2.11. The smallest absolute Gasteiger partial charge is 0.210 e. The number of aromatic nitrogens is 4. The highest BCUT2D eigenvalue weighted by Gasteiger charge is 2.54. The second kappa shape index (κ2) is 8.34. The molecule has 0 N–H and O–H groups in total. The van der Waals surface area contributed by atoms with E-state index in [0.29, 0.717) is 25.9 Å². The highest BCUT2D eigenvalue weighted by Crippen LogP contribution is 2.64. The molecule has 2 atom stereocenters. The summed E-state index contributed by atoms with van der Waals surface area (Å²) in [6.07, 6.45) is 14.4. The molecule has 8 heteroatoms. The fraction of sp³-hybridized carbons (Fsp3) is 0.240. The van der Waals surface area contributed by atoms with Crippen LogP contribution in [0, 0.1) is 0 Å². The Bertz CT molecular complexity index is 1270. The van der Waals surface area contributed by atoms with E-state index < -0.39 is 7.14 Å². The van der Waals surface area contributed by atoms with Crippen molar-refractivity contribution in [3.8, 4) is 22.5 Å². The van der Waals surface area contributed by atoms with Crippen molar-refractivity contribution in [2.45, 2.75) is 18.2 Å². The molecule has 3 aromatic heterocycles. The highest BCUT2D eigenvalue weighted by molar-refractivity contribution is 7.65. The average molecular weight is 460 g/mol. The van der Waals surface area contributed by atoms with Crippen LogP contribution in [0.1, 0.15) is 0 Å². The van der Waals surface area contributed by atoms with Crippen molar-refractivity contribution in [2.24, 2.45) is 0 Å². The summed E-state index contributed by atoms with van der Waals surface area (Å²) < 4.78 is 30.0. The molecule has 2 aliphatic rings. The molecule has 166 valence electrons. The first kappa shape index (κ1) is 20.5. The van der Waals surface area contributed by atoms with Crippen molar-refractivity contribution in [1.29, 1.82) is 0 Å². The van der Waals surface area contributed by atoms with Crippen LogP contribution < -0.4 is 9.13 Å². The van der Waals surface area contributed by atoms with Gasteiger partial charge >= 0.3 is 0 Å². The first-order valence-corrected chi connectivity index (χ1v) is 13.1. The Labute approximate surface area is 192 Å². The first-order valence-electron chi connectivity index (χ1n) is 11.1. The van der Waals surface area contributed by atoms with E-state index in [1.807, 2.05) is 10.8 Å². The summed E-state index contributed by atoms with van der Waals surface area (Å²) in [5, 5.41) is 0. The van der Waals surface area contributed by atoms with Crippen LogP contribution in [0.4, 0.5) is 0 Å². The molecule has 4 aromatic rings. The lowest BCUT2D eigenvalue weighted by molar-refractivity contribution is -0.692. The predicted molar refractivity (Wildman–Crippen MR) is 123 cm³/mol. The van der Waals surface area contributed by atoms with Gasteiger partial charge in [0, 0.05) is 54.5 Å². The van der Waals surface area contributed by atoms with Crippen LogP contribution in [0.15, 0.2) is 92.0 Å². The quantitative estimate of drug-likeness (QED) is 0.230. The number of benzene rings is 1. The molecule has 0 aliphatic carbocycles. The summed E-state index contributed by atoms with van der Waals surface area (Å²) in [6.45, 7) is 1.94. The van der Waals surface area contributed by atoms with Crippen LogP contribution in [-0.2, 0) is 20.6 Å². The topological polar surface area (TPSA) is 67.7 Å². The normalized spacial score (nSPS) is 20.8. The number of aryl methyl sites for hydroxylation is 1. The highest BCUT2D eigenvalue weighted by atomic mass is 31.2. The number of hydrogen-bond acceptors (Lipinski definition) is 4. The van der Waals surface area contributed by atoms with Gasteiger partial charge in [-0.25, -0.2) is 9.55 Å². The van der Waals surface area contributed by atoms with E-state index in [0.717, 1.165) is 22.5 Å². The number of ether oxygens (including phenoxy) is 2. The van der Waals surface area contributed by atoms with E-state index in [2.05, 4.69) is 87.4 Å². The van der Waals surface area contributed by atoms with Crippen LogP contribution in [0.25, 0.3) is 22.5 Å². The zero-order chi connectivity index (χ0) is 22.3. The van der Waals surface area contributed by atoms with E-state index in [1.165, 1.54) is 0 Å². The van der Waals surface area contributed by atoms with Gasteiger partial charge in [-0.05, 0) is 23.3 Å². The Morgan fingerprint density at radius 2 is 1.52 bits per heavy atom. The van der Waals surface area contributed by atoms with Gasteiger partial charge in [-0.3, -0.25) is 0 Å². The molecule has 2 saturated heterocycles. The lowest BCUT2D eigenvalue weighted by atomic mass is 10.1. The molecule has 6 rings (SSSR count). The zero-order valence-corrected chi connectivity index (χ0v) is 19.0. The minimum atomic E-state index is -2.40. The van der Waals surface area contributed by atoms with Gasteiger partial charge < -0.3 is 18.6 Å². The van der Waals surface area contributed by atoms with E-state index in [-0.39, 0.29) is 11.7 Å². The first-order chi connectivity index (χ1) is 16.2. The third-order valence-corrected chi connectivity index (χ3v) is 9.76. The second-order valence-electron chi connectivity index (χ2n) is 8.46. The maximum atomic E-state index is 13.2. The molecule has 0 radical (unpaired) electrons. The SMILES string of the molecule is O=P(CC[n+]1ccc(-c2cc[n+](-c3ccc(-n4ccnc4)cc3)cc2)cc1)(C1CO1)C1CO1. The Kier molecular flexibility index (Phi) is 5.18. The monoisotopic (exact) mass is 460 g/mol. The summed E-state index contributed by atoms with van der Waals surface area (Å²) in [4.78, 5) is 4.10. The van der Waals surface area contributed by atoms with Gasteiger partial charge in [0.15, 0.2) is 38.5 Å². The van der Waals surface area contributed by atoms with E-state index >= 15 is 0 Å². The summed E-state index contributed by atoms with van der Waals surface area (Å²) in [5.41, 5.74) is 4.47. The number of epoxide rings is 2. The van der Waals surface area contributed by atoms with Gasteiger partial charge in [-0.1, -0.05) is 0 Å². The maximum Gasteiger partial charge on any atom is 0.210 e. The van der Waals surface area contributed by atoms with Crippen molar-refractivity contribution in [2.75, 3.05) is 19.4 Å². The molecule has 2 unspecified atom stereocenters. The Balaban J connectivity index is 1.12. The molecule has 0 spiro atoms. The maximum absolute atomic E-state index is 13.2. The molecule has 0 bridgehead atoms. The second-order valence-corrected chi connectivity index (χ2v) is 11.8. The van der Waals surface area contributed by atoms with Crippen LogP contribution in [0.3, 0.4) is 0 Å². The van der Waals surface area contributed by atoms with Gasteiger partial charge in [-0.2, -0.15) is 4.57 Å². The molecule has 7 nitrogen and oxygen atoms in total. The van der Waals surface area contributed by atoms with Crippen molar-refractivity contribution < 1.29 is 23.2 Å². The van der Waals surface area contributed by atoms with Crippen LogP contribution >= 0.6 is 7.14 Å². The molecule has 2 fully saturated rings. The predicted octanol–water partition coefficient (Wildman–Crippen LogP) is 3.18. The summed E-state index contributed by atoms with van der Waals surface area (Å²) in [7, 11) is -2.40. The van der Waals surface area contributed by atoms with Gasteiger partial charge in [0.25, 0.3) is 0 Å². The molecule has 1 aromatic carbocycles. The van der Waals surface area contributed by atoms with Gasteiger partial charge in [0.2, 0.25) is 5.69 Å². The van der Waals surface area contributed by atoms with Crippen molar-refractivity contribution in [3.63, 3.8) is 0 Å². The number of hydrogen-bond donors (Lipinski definition) is 0. The summed E-state index contributed by atoms with van der Waals surface area (Å²) in [5.74, 6) is -0.161. The zero-order valence-electron chi connectivity index (χ0n) is 18.1. The number of imidazole rings is 1. The standard InChI is InChI=1S/C25H25N4O3P/c30-33(24-17-31-24,25-18-32-25)16-15-27-10-5-20(6-11-27)21-7-12-28(13-8-21)22-1-3-23(4-2-22)29-14-9-26-19-29/h1-14,19,24-25H,15-18H2/q+2. The number of rotatable bonds is 8. The van der Waals surface area contributed by atoms with Crippen LogP contribution in [0.2, 0.25) is 0 Å². The average Bonchev–Trinajstić information content (AvgIpc) is 3.81. The Hall–Kier alpha value is -3.12. The van der Waals surface area contributed by atoms with E-state index in [4.69, 9.17) is 9.47 Å². The number of pyridine rings is 2. The Morgan fingerprint density at radius 3 is 2.06 bits per heavy atom. The van der Waals surface area contributed by atoms with Gasteiger partial charge in [0.05, 0.1) is 25.7 Å². The summed E-state index contributed by atoms with van der Waals surface area (Å²) >= 11 is 0. The Morgan fingerprint density at radius 1 is 0.909 bits per heavy atom. The van der Waals surface area contributed by atoms with E-state index in [9.17, 15) is 4.57 Å². The molecule has 5 heterocycles. The third kappa shape index (κ3) is 4.27. The molecule has 33 heavy (non-hydrogen) atoms. The minimum absolute atomic E-state index is 0.0806. The molecular weight excluding hydrogens is 435 g/mol. The molecule has 0 saturated carbocycles. The van der Waals surface area contributed by atoms with Crippen LogP contribution in [0.5, 0.6) is 0 Å². The minimum Gasteiger partial charge on any atom is -0.365 e. The number of nitrogens with zero attached hydrogens (tertiary/aromatic N) is 4. The van der Waals surface area contributed by atoms with Crippen molar-refractivity contribution >= 4 is 7.14 Å². The molecular formula is C25H25N4O3P+2. The van der Waals surface area contributed by atoms with Crippen molar-refractivity contribution in [1.82, 2.24) is 9.55 Å². The lowest BCUT2D eigenvalue weighted by Crippen LogP contribution is -2.35. The van der Waals surface area contributed by atoms with E-state index in [1.54, 1.807) is 12.5 Å². The van der Waals surface area contributed by atoms with Gasteiger partial charge in [0.1, 0.15) is 11.7 Å².